The Balaban J connectivity index is 2.03. The van der Waals surface area contributed by atoms with Crippen LogP contribution >= 0.6 is 11.6 Å². The highest BCUT2D eigenvalue weighted by Gasteiger charge is 2.26. The second-order valence-electron chi connectivity index (χ2n) is 5.52. The SMILES string of the molecule is COC(=O)NCCOC(c1cc(F)cc(Cl)c1)[C@@H]1CCCNC1. The molecule has 2 rings (SSSR count). The van der Waals surface area contributed by atoms with E-state index in [0.29, 0.717) is 18.2 Å². The van der Waals surface area contributed by atoms with Crippen molar-refractivity contribution in [1.82, 2.24) is 10.6 Å². The van der Waals surface area contributed by atoms with E-state index in [2.05, 4.69) is 15.4 Å². The lowest BCUT2D eigenvalue weighted by Gasteiger charge is -2.31. The number of nitrogens with one attached hydrogen (secondary N) is 2. The number of piperidine rings is 1. The Morgan fingerprint density at radius 2 is 2.35 bits per heavy atom. The van der Waals surface area contributed by atoms with E-state index in [1.165, 1.54) is 19.2 Å². The van der Waals surface area contributed by atoms with Crippen LogP contribution in [0.5, 0.6) is 0 Å². The van der Waals surface area contributed by atoms with Crippen LogP contribution in [0.1, 0.15) is 24.5 Å². The van der Waals surface area contributed by atoms with Gasteiger partial charge in [0.2, 0.25) is 0 Å². The first-order valence-electron chi connectivity index (χ1n) is 7.70. The Morgan fingerprint density at radius 1 is 1.52 bits per heavy atom. The number of rotatable bonds is 6. The first-order valence-corrected chi connectivity index (χ1v) is 8.08. The molecule has 0 saturated carbocycles. The van der Waals surface area contributed by atoms with Gasteiger partial charge in [0.1, 0.15) is 5.82 Å². The fourth-order valence-electron chi connectivity index (χ4n) is 2.79. The Labute approximate surface area is 140 Å². The third-order valence-electron chi connectivity index (χ3n) is 3.83. The zero-order chi connectivity index (χ0) is 16.7. The second-order valence-corrected chi connectivity index (χ2v) is 5.96. The number of hydrogen-bond donors (Lipinski definition) is 2. The van der Waals surface area contributed by atoms with E-state index in [9.17, 15) is 9.18 Å². The minimum atomic E-state index is -0.502. The van der Waals surface area contributed by atoms with Gasteiger partial charge in [0.15, 0.2) is 0 Å². The number of halogens is 2. The van der Waals surface area contributed by atoms with Crippen molar-refractivity contribution in [2.75, 3.05) is 33.4 Å². The van der Waals surface area contributed by atoms with E-state index in [1.807, 2.05) is 0 Å². The number of hydrogen-bond acceptors (Lipinski definition) is 4. The van der Waals surface area contributed by atoms with Crippen molar-refractivity contribution in [3.8, 4) is 0 Å². The lowest BCUT2D eigenvalue weighted by molar-refractivity contribution is 0.00458. The van der Waals surface area contributed by atoms with Crippen LogP contribution < -0.4 is 10.6 Å². The molecule has 1 aliphatic heterocycles. The summed E-state index contributed by atoms with van der Waals surface area (Å²) in [5, 5.41) is 6.25. The predicted molar refractivity (Wildman–Crippen MR) is 86.1 cm³/mol. The molecule has 0 radical (unpaired) electrons. The molecule has 1 aliphatic rings. The third kappa shape index (κ3) is 5.64. The van der Waals surface area contributed by atoms with E-state index >= 15 is 0 Å². The zero-order valence-corrected chi connectivity index (χ0v) is 13.9. The van der Waals surface area contributed by atoms with Gasteiger partial charge in [0, 0.05) is 24.0 Å². The summed E-state index contributed by atoms with van der Waals surface area (Å²) in [6.45, 7) is 2.43. The molecule has 1 aromatic rings. The summed E-state index contributed by atoms with van der Waals surface area (Å²) in [7, 11) is 1.31. The summed E-state index contributed by atoms with van der Waals surface area (Å²) in [6, 6.07) is 4.47. The molecule has 128 valence electrons. The summed E-state index contributed by atoms with van der Waals surface area (Å²) in [4.78, 5) is 11.1. The molecule has 23 heavy (non-hydrogen) atoms. The van der Waals surface area contributed by atoms with E-state index in [4.69, 9.17) is 16.3 Å². The molecular formula is C16H22ClFN2O3. The Bertz CT molecular complexity index is 504. The minimum Gasteiger partial charge on any atom is -0.453 e. The van der Waals surface area contributed by atoms with Crippen molar-refractivity contribution in [1.29, 1.82) is 0 Å². The zero-order valence-electron chi connectivity index (χ0n) is 13.1. The van der Waals surface area contributed by atoms with Gasteiger partial charge in [-0.15, -0.1) is 0 Å². The van der Waals surface area contributed by atoms with Gasteiger partial charge in [-0.3, -0.25) is 0 Å². The molecule has 0 spiro atoms. The molecule has 1 heterocycles. The average molecular weight is 345 g/mol. The molecule has 5 nitrogen and oxygen atoms in total. The van der Waals surface area contributed by atoms with Crippen molar-refractivity contribution in [3.05, 3.63) is 34.6 Å². The van der Waals surface area contributed by atoms with Crippen molar-refractivity contribution >= 4 is 17.7 Å². The number of methoxy groups -OCH3 is 1. The first kappa shape index (κ1) is 18.0. The van der Waals surface area contributed by atoms with Gasteiger partial charge in [-0.1, -0.05) is 11.6 Å². The van der Waals surface area contributed by atoms with Crippen LogP contribution in [0.4, 0.5) is 9.18 Å². The summed E-state index contributed by atoms with van der Waals surface area (Å²) < 4.78 is 24.1. The monoisotopic (exact) mass is 344 g/mol. The summed E-state index contributed by atoms with van der Waals surface area (Å²) in [5.74, 6) is -0.141. The van der Waals surface area contributed by atoms with E-state index in [1.54, 1.807) is 6.07 Å². The van der Waals surface area contributed by atoms with Gasteiger partial charge in [-0.2, -0.15) is 0 Å². The molecule has 1 fully saturated rings. The van der Waals surface area contributed by atoms with Gasteiger partial charge < -0.3 is 20.1 Å². The number of carbonyl (C=O) groups is 1. The molecule has 0 bridgehead atoms. The largest absolute Gasteiger partial charge is 0.453 e. The highest BCUT2D eigenvalue weighted by atomic mass is 35.5. The molecule has 1 amide bonds. The predicted octanol–water partition coefficient (Wildman–Crippen LogP) is 2.89. The summed E-state index contributed by atoms with van der Waals surface area (Å²) in [6.07, 6.45) is 1.28. The van der Waals surface area contributed by atoms with Crippen LogP contribution in [0.3, 0.4) is 0 Å². The second kappa shape index (κ2) is 9.05. The fraction of sp³-hybridized carbons (Fsp3) is 0.562. The highest BCUT2D eigenvalue weighted by molar-refractivity contribution is 6.30. The maximum absolute atomic E-state index is 13.7. The Kier molecular flexibility index (Phi) is 7.08. The normalized spacial score (nSPS) is 19.2. The average Bonchev–Trinajstić information content (AvgIpc) is 2.54. The fourth-order valence-corrected chi connectivity index (χ4v) is 3.02. The van der Waals surface area contributed by atoms with Gasteiger partial charge in [0.25, 0.3) is 0 Å². The van der Waals surface area contributed by atoms with Crippen LogP contribution in [-0.4, -0.2) is 39.4 Å². The smallest absolute Gasteiger partial charge is 0.406 e. The standard InChI is InChI=1S/C16H22ClFN2O3/c1-22-16(21)20-5-6-23-15(11-3-2-4-19-10-11)12-7-13(17)9-14(18)8-12/h7-9,11,15,19H,2-6,10H2,1H3,(H,20,21)/t11-,15?/m1/s1. The summed E-state index contributed by atoms with van der Waals surface area (Å²) in [5.41, 5.74) is 0.724. The molecule has 1 aromatic carbocycles. The lowest BCUT2D eigenvalue weighted by atomic mass is 9.89. The van der Waals surface area contributed by atoms with Crippen LogP contribution in [-0.2, 0) is 9.47 Å². The van der Waals surface area contributed by atoms with Crippen molar-refractivity contribution in [2.45, 2.75) is 18.9 Å². The molecule has 2 N–H and O–H groups in total. The quantitative estimate of drug-likeness (QED) is 0.779. The first-order chi connectivity index (χ1) is 11.1. The van der Waals surface area contributed by atoms with Gasteiger partial charge in [-0.25, -0.2) is 9.18 Å². The number of alkyl carbamates (subject to hydrolysis) is 1. The number of ether oxygens (including phenoxy) is 2. The molecule has 7 heteroatoms. The van der Waals surface area contributed by atoms with Crippen LogP contribution in [0.2, 0.25) is 5.02 Å². The van der Waals surface area contributed by atoms with Crippen molar-refractivity contribution < 1.29 is 18.7 Å². The van der Waals surface area contributed by atoms with E-state index in [0.717, 1.165) is 31.5 Å². The highest BCUT2D eigenvalue weighted by Crippen LogP contribution is 2.32. The van der Waals surface area contributed by atoms with Crippen molar-refractivity contribution in [2.24, 2.45) is 5.92 Å². The number of carbonyl (C=O) groups excluding carboxylic acids is 1. The molecule has 0 aromatic heterocycles. The van der Waals surface area contributed by atoms with E-state index < -0.39 is 6.09 Å². The van der Waals surface area contributed by atoms with Gasteiger partial charge in [0.05, 0.1) is 19.8 Å². The molecule has 1 saturated heterocycles. The Morgan fingerprint density at radius 3 is 3.00 bits per heavy atom. The minimum absolute atomic E-state index is 0.236. The van der Waals surface area contributed by atoms with Gasteiger partial charge >= 0.3 is 6.09 Å². The maximum Gasteiger partial charge on any atom is 0.406 e. The lowest BCUT2D eigenvalue weighted by Crippen LogP contribution is -2.35. The molecular weight excluding hydrogens is 323 g/mol. The molecule has 0 aliphatic carbocycles. The maximum atomic E-state index is 13.7. The molecule has 1 unspecified atom stereocenters. The Hall–Kier alpha value is -1.37. The number of amides is 1. The molecule has 2 atom stereocenters. The number of benzene rings is 1. The topological polar surface area (TPSA) is 59.6 Å². The van der Waals surface area contributed by atoms with Crippen molar-refractivity contribution in [3.63, 3.8) is 0 Å². The van der Waals surface area contributed by atoms with Gasteiger partial charge in [-0.05, 0) is 43.1 Å². The summed E-state index contributed by atoms with van der Waals surface area (Å²) >= 11 is 5.97. The third-order valence-corrected chi connectivity index (χ3v) is 4.05. The van der Waals surface area contributed by atoms with Crippen LogP contribution in [0.25, 0.3) is 0 Å². The van der Waals surface area contributed by atoms with Crippen LogP contribution in [0, 0.1) is 11.7 Å². The van der Waals surface area contributed by atoms with E-state index in [-0.39, 0.29) is 17.8 Å². The van der Waals surface area contributed by atoms with Crippen LogP contribution in [0.15, 0.2) is 18.2 Å².